The highest BCUT2D eigenvalue weighted by Gasteiger charge is 2.15. The Kier molecular flexibility index (Phi) is 4.42. The van der Waals surface area contributed by atoms with Gasteiger partial charge in [-0.2, -0.15) is 0 Å². The second kappa shape index (κ2) is 5.15. The standard InChI is InChI=1S/C11H14BrClO/c1-11(2,8-12)14-7-9-3-5-10(13)6-4-9/h3-6H,7-8H2,1-2H3. The Bertz CT molecular complexity index is 282. The van der Waals surface area contributed by atoms with Crippen molar-refractivity contribution in [2.75, 3.05) is 5.33 Å². The van der Waals surface area contributed by atoms with Crippen LogP contribution in [0.25, 0.3) is 0 Å². The van der Waals surface area contributed by atoms with Crippen LogP contribution in [0, 0.1) is 0 Å². The van der Waals surface area contributed by atoms with Crippen molar-refractivity contribution in [2.24, 2.45) is 0 Å². The number of rotatable bonds is 4. The predicted octanol–water partition coefficient (Wildman–Crippen LogP) is 4.03. The highest BCUT2D eigenvalue weighted by Crippen LogP contribution is 2.16. The number of ether oxygens (including phenoxy) is 1. The molecule has 0 saturated heterocycles. The molecule has 1 aromatic carbocycles. The maximum absolute atomic E-state index is 5.78. The van der Waals surface area contributed by atoms with E-state index in [4.69, 9.17) is 16.3 Å². The average Bonchev–Trinajstić information content (AvgIpc) is 2.17. The van der Waals surface area contributed by atoms with Crippen molar-refractivity contribution >= 4 is 27.5 Å². The smallest absolute Gasteiger partial charge is 0.0727 e. The van der Waals surface area contributed by atoms with Crippen LogP contribution in [0.5, 0.6) is 0 Å². The molecular weight excluding hydrogens is 263 g/mol. The molecule has 0 saturated carbocycles. The molecule has 0 aliphatic carbocycles. The Morgan fingerprint density at radius 3 is 2.36 bits per heavy atom. The molecule has 0 unspecified atom stereocenters. The Hall–Kier alpha value is -0.0500. The number of alkyl halides is 1. The minimum atomic E-state index is -0.125. The summed E-state index contributed by atoms with van der Waals surface area (Å²) in [4.78, 5) is 0. The largest absolute Gasteiger partial charge is 0.370 e. The van der Waals surface area contributed by atoms with Gasteiger partial charge >= 0.3 is 0 Å². The first-order valence-corrected chi connectivity index (χ1v) is 5.98. The Morgan fingerprint density at radius 1 is 1.29 bits per heavy atom. The van der Waals surface area contributed by atoms with Crippen LogP contribution in [0.15, 0.2) is 24.3 Å². The Balaban J connectivity index is 2.50. The zero-order valence-corrected chi connectivity index (χ0v) is 10.7. The third kappa shape index (κ3) is 3.99. The predicted molar refractivity (Wildman–Crippen MR) is 64.1 cm³/mol. The van der Waals surface area contributed by atoms with E-state index in [0.717, 1.165) is 15.9 Å². The van der Waals surface area contributed by atoms with Crippen LogP contribution in [0.2, 0.25) is 5.02 Å². The fourth-order valence-corrected chi connectivity index (χ4v) is 1.19. The fourth-order valence-electron chi connectivity index (χ4n) is 0.898. The first kappa shape index (κ1) is 12.0. The van der Waals surface area contributed by atoms with Crippen LogP contribution in [0.1, 0.15) is 19.4 Å². The van der Waals surface area contributed by atoms with Crippen LogP contribution >= 0.6 is 27.5 Å². The highest BCUT2D eigenvalue weighted by atomic mass is 79.9. The highest BCUT2D eigenvalue weighted by molar-refractivity contribution is 9.09. The second-order valence-electron chi connectivity index (χ2n) is 3.81. The van der Waals surface area contributed by atoms with Gasteiger partial charge in [0.1, 0.15) is 0 Å². The molecule has 0 heterocycles. The lowest BCUT2D eigenvalue weighted by Gasteiger charge is -2.22. The lowest BCUT2D eigenvalue weighted by molar-refractivity contribution is -0.0103. The van der Waals surface area contributed by atoms with Gasteiger partial charge in [-0.05, 0) is 31.5 Å². The summed E-state index contributed by atoms with van der Waals surface area (Å²) in [5.74, 6) is 0. The van der Waals surface area contributed by atoms with Crippen molar-refractivity contribution in [3.63, 3.8) is 0 Å². The van der Waals surface area contributed by atoms with Gasteiger partial charge in [0.05, 0.1) is 12.2 Å². The molecule has 1 rings (SSSR count). The van der Waals surface area contributed by atoms with E-state index in [9.17, 15) is 0 Å². The first-order chi connectivity index (χ1) is 6.53. The summed E-state index contributed by atoms with van der Waals surface area (Å²) in [7, 11) is 0. The van der Waals surface area contributed by atoms with Crippen LogP contribution in [-0.2, 0) is 11.3 Å². The normalized spacial score (nSPS) is 11.7. The van der Waals surface area contributed by atoms with Crippen molar-refractivity contribution in [3.05, 3.63) is 34.9 Å². The molecule has 0 radical (unpaired) electrons. The van der Waals surface area contributed by atoms with Gasteiger partial charge in [0.2, 0.25) is 0 Å². The van der Waals surface area contributed by atoms with Crippen molar-refractivity contribution in [3.8, 4) is 0 Å². The van der Waals surface area contributed by atoms with Gasteiger partial charge in [-0.1, -0.05) is 39.7 Å². The van der Waals surface area contributed by atoms with Gasteiger partial charge in [0, 0.05) is 10.4 Å². The lowest BCUT2D eigenvalue weighted by Crippen LogP contribution is -2.25. The van der Waals surface area contributed by atoms with Crippen molar-refractivity contribution in [1.82, 2.24) is 0 Å². The van der Waals surface area contributed by atoms with E-state index in [0.29, 0.717) is 6.61 Å². The quantitative estimate of drug-likeness (QED) is 0.755. The maximum Gasteiger partial charge on any atom is 0.0727 e. The summed E-state index contributed by atoms with van der Waals surface area (Å²) in [6, 6.07) is 7.71. The molecule has 14 heavy (non-hydrogen) atoms. The van der Waals surface area contributed by atoms with Crippen LogP contribution in [-0.4, -0.2) is 10.9 Å². The van der Waals surface area contributed by atoms with Gasteiger partial charge in [0.25, 0.3) is 0 Å². The van der Waals surface area contributed by atoms with Crippen molar-refractivity contribution in [1.29, 1.82) is 0 Å². The maximum atomic E-state index is 5.78. The second-order valence-corrected chi connectivity index (χ2v) is 4.81. The van der Waals surface area contributed by atoms with E-state index >= 15 is 0 Å². The van der Waals surface area contributed by atoms with E-state index < -0.39 is 0 Å². The monoisotopic (exact) mass is 276 g/mol. The molecule has 1 nitrogen and oxygen atoms in total. The lowest BCUT2D eigenvalue weighted by atomic mass is 10.2. The molecule has 0 aliphatic rings. The third-order valence-electron chi connectivity index (χ3n) is 1.86. The minimum absolute atomic E-state index is 0.125. The average molecular weight is 278 g/mol. The molecule has 0 bridgehead atoms. The topological polar surface area (TPSA) is 9.23 Å². The zero-order valence-electron chi connectivity index (χ0n) is 8.39. The number of halogens is 2. The molecule has 0 N–H and O–H groups in total. The molecule has 3 heteroatoms. The van der Waals surface area contributed by atoms with Gasteiger partial charge in [-0.3, -0.25) is 0 Å². The van der Waals surface area contributed by atoms with E-state index in [1.165, 1.54) is 0 Å². The Labute approximate surface area is 98.5 Å². The van der Waals surface area contributed by atoms with Gasteiger partial charge in [-0.15, -0.1) is 0 Å². The molecule has 0 atom stereocenters. The van der Waals surface area contributed by atoms with Gasteiger partial charge < -0.3 is 4.74 Å². The van der Waals surface area contributed by atoms with Crippen molar-refractivity contribution in [2.45, 2.75) is 26.1 Å². The van der Waals surface area contributed by atoms with Gasteiger partial charge in [-0.25, -0.2) is 0 Å². The molecule has 0 fully saturated rings. The molecule has 78 valence electrons. The number of benzene rings is 1. The van der Waals surface area contributed by atoms with Gasteiger partial charge in [0.15, 0.2) is 0 Å². The Morgan fingerprint density at radius 2 is 1.86 bits per heavy atom. The summed E-state index contributed by atoms with van der Waals surface area (Å²) < 4.78 is 5.71. The van der Waals surface area contributed by atoms with Crippen LogP contribution in [0.3, 0.4) is 0 Å². The molecule has 0 aliphatic heterocycles. The van der Waals surface area contributed by atoms with E-state index in [1.807, 2.05) is 24.3 Å². The SMILES string of the molecule is CC(C)(CBr)OCc1ccc(Cl)cc1. The van der Waals surface area contributed by atoms with E-state index in [-0.39, 0.29) is 5.60 Å². The third-order valence-corrected chi connectivity index (χ3v) is 3.47. The fraction of sp³-hybridized carbons (Fsp3) is 0.455. The molecular formula is C11H14BrClO. The molecule has 1 aromatic rings. The molecule has 0 spiro atoms. The van der Waals surface area contributed by atoms with Crippen LogP contribution < -0.4 is 0 Å². The first-order valence-electron chi connectivity index (χ1n) is 4.48. The van der Waals surface area contributed by atoms with Crippen LogP contribution in [0.4, 0.5) is 0 Å². The summed E-state index contributed by atoms with van der Waals surface area (Å²) in [6.45, 7) is 4.73. The van der Waals surface area contributed by atoms with E-state index in [2.05, 4.69) is 29.8 Å². The zero-order chi connectivity index (χ0) is 10.6. The van der Waals surface area contributed by atoms with Crippen molar-refractivity contribution < 1.29 is 4.74 Å². The van der Waals surface area contributed by atoms with E-state index in [1.54, 1.807) is 0 Å². The number of hydrogen-bond acceptors (Lipinski definition) is 1. The minimum Gasteiger partial charge on any atom is -0.370 e. The summed E-state index contributed by atoms with van der Waals surface area (Å²) in [6.07, 6.45) is 0. The number of hydrogen-bond donors (Lipinski definition) is 0. The summed E-state index contributed by atoms with van der Waals surface area (Å²) >= 11 is 9.19. The summed E-state index contributed by atoms with van der Waals surface area (Å²) in [5, 5.41) is 1.58. The molecule has 0 amide bonds. The summed E-state index contributed by atoms with van der Waals surface area (Å²) in [5.41, 5.74) is 1.02. The molecule has 0 aromatic heterocycles.